The molecule has 0 aromatic heterocycles. The molecule has 0 saturated heterocycles. The quantitative estimate of drug-likeness (QED) is 0.572. The van der Waals surface area contributed by atoms with E-state index in [0.717, 1.165) is 18.4 Å². The van der Waals surface area contributed by atoms with Crippen molar-refractivity contribution in [3.63, 3.8) is 0 Å². The van der Waals surface area contributed by atoms with Crippen LogP contribution in [-0.2, 0) is 0 Å². The van der Waals surface area contributed by atoms with Gasteiger partial charge in [0.05, 0.1) is 11.4 Å². The summed E-state index contributed by atoms with van der Waals surface area (Å²) in [5.41, 5.74) is 4.39. The van der Waals surface area contributed by atoms with Crippen LogP contribution in [-0.4, -0.2) is 12.2 Å². The second-order valence-corrected chi connectivity index (χ2v) is 6.09. The van der Waals surface area contributed by atoms with Gasteiger partial charge in [-0.3, -0.25) is 9.59 Å². The molecule has 0 atom stereocenters. The lowest BCUT2D eigenvalue weighted by atomic mass is 10.2. The molecule has 1 N–H and O–H groups in total. The molecule has 27 heavy (non-hydrogen) atoms. The molecule has 0 saturated carbocycles. The van der Waals surface area contributed by atoms with Crippen LogP contribution in [0.25, 0.3) is 0 Å². The zero-order valence-electron chi connectivity index (χ0n) is 14.9. The van der Waals surface area contributed by atoms with E-state index in [1.165, 1.54) is 5.57 Å². The third kappa shape index (κ3) is 5.19. The summed E-state index contributed by atoms with van der Waals surface area (Å²) in [6, 6.07) is 13.7. The molecule has 0 heterocycles. The Labute approximate surface area is 157 Å². The van der Waals surface area contributed by atoms with Crippen molar-refractivity contribution in [1.82, 2.24) is 5.32 Å². The summed E-state index contributed by atoms with van der Waals surface area (Å²) >= 11 is 0. The summed E-state index contributed by atoms with van der Waals surface area (Å²) in [5.74, 6) is -0.168. The van der Waals surface area contributed by atoms with Crippen LogP contribution in [0.5, 0.6) is 0 Å². The third-order valence-electron chi connectivity index (χ3n) is 4.00. The Kier molecular flexibility index (Phi) is 5.84. The van der Waals surface area contributed by atoms with Gasteiger partial charge in [0.1, 0.15) is 6.29 Å². The van der Waals surface area contributed by atoms with Crippen molar-refractivity contribution in [3.05, 3.63) is 95.2 Å². The second kappa shape index (κ2) is 8.67. The molecule has 5 heteroatoms. The van der Waals surface area contributed by atoms with Crippen molar-refractivity contribution in [2.45, 2.75) is 13.3 Å². The fourth-order valence-electron chi connectivity index (χ4n) is 2.44. The number of benzene rings is 2. The lowest BCUT2D eigenvalue weighted by Gasteiger charge is -2.06. The molecule has 1 aliphatic carbocycles. The van der Waals surface area contributed by atoms with E-state index in [2.05, 4.69) is 21.6 Å². The van der Waals surface area contributed by atoms with Crippen LogP contribution >= 0.6 is 0 Å². The predicted molar refractivity (Wildman–Crippen MR) is 106 cm³/mol. The minimum absolute atomic E-state index is 0.168. The van der Waals surface area contributed by atoms with Gasteiger partial charge in [0.15, 0.2) is 0 Å². The molecule has 1 aliphatic rings. The number of carbonyl (C=O) groups is 2. The van der Waals surface area contributed by atoms with Crippen molar-refractivity contribution in [3.8, 4) is 0 Å². The Hall–Kier alpha value is -3.60. The first-order valence-electron chi connectivity index (χ1n) is 8.57. The van der Waals surface area contributed by atoms with Crippen LogP contribution in [0.2, 0.25) is 0 Å². The highest BCUT2D eigenvalue weighted by atomic mass is 16.1. The summed E-state index contributed by atoms with van der Waals surface area (Å²) in [5, 5.41) is 11.2. The van der Waals surface area contributed by atoms with Gasteiger partial charge in [0, 0.05) is 16.8 Å². The standard InChI is InChI=1S/C22H19N3O2/c1-16-3-2-4-19(10-5-16)23-22(27)18-8-13-21(14-9-18)25-24-20-11-6-17(15-26)7-12-20/h3-15H,2H2,1H3,(H,23,27). The Morgan fingerprint density at radius 1 is 0.926 bits per heavy atom. The molecule has 0 spiro atoms. The molecule has 0 unspecified atom stereocenters. The molecular formula is C22H19N3O2. The van der Waals surface area contributed by atoms with E-state index in [9.17, 15) is 9.59 Å². The highest BCUT2D eigenvalue weighted by Gasteiger charge is 2.07. The Morgan fingerprint density at radius 2 is 1.56 bits per heavy atom. The predicted octanol–water partition coefficient (Wildman–Crippen LogP) is 5.43. The topological polar surface area (TPSA) is 70.9 Å². The van der Waals surface area contributed by atoms with Gasteiger partial charge in [0.2, 0.25) is 0 Å². The van der Waals surface area contributed by atoms with E-state index < -0.39 is 0 Å². The Balaban J connectivity index is 1.63. The maximum atomic E-state index is 12.4. The summed E-state index contributed by atoms with van der Waals surface area (Å²) in [6.07, 6.45) is 9.52. The maximum Gasteiger partial charge on any atom is 0.255 e. The van der Waals surface area contributed by atoms with Crippen molar-refractivity contribution >= 4 is 23.6 Å². The van der Waals surface area contributed by atoms with Crippen LogP contribution in [0.15, 0.2) is 94.3 Å². The van der Waals surface area contributed by atoms with Gasteiger partial charge in [-0.25, -0.2) is 0 Å². The van der Waals surface area contributed by atoms with E-state index in [1.54, 1.807) is 48.5 Å². The molecule has 0 fully saturated rings. The molecule has 134 valence electrons. The first-order valence-corrected chi connectivity index (χ1v) is 8.57. The van der Waals surface area contributed by atoms with Gasteiger partial charge in [0.25, 0.3) is 5.91 Å². The van der Waals surface area contributed by atoms with Gasteiger partial charge in [-0.1, -0.05) is 23.8 Å². The smallest absolute Gasteiger partial charge is 0.255 e. The van der Waals surface area contributed by atoms with Crippen LogP contribution in [0.1, 0.15) is 34.1 Å². The lowest BCUT2D eigenvalue weighted by molar-refractivity contribution is 0.0966. The number of allylic oxidation sites excluding steroid dienone is 5. The minimum atomic E-state index is -0.168. The molecule has 0 radical (unpaired) electrons. The number of hydrogen-bond acceptors (Lipinski definition) is 4. The van der Waals surface area contributed by atoms with Gasteiger partial charge >= 0.3 is 0 Å². The largest absolute Gasteiger partial charge is 0.322 e. The van der Waals surface area contributed by atoms with Crippen molar-refractivity contribution < 1.29 is 9.59 Å². The molecule has 2 aromatic carbocycles. The number of nitrogens with zero attached hydrogens (tertiary/aromatic N) is 2. The number of carbonyl (C=O) groups excluding carboxylic acids is 2. The average molecular weight is 357 g/mol. The van der Waals surface area contributed by atoms with E-state index in [4.69, 9.17) is 0 Å². The number of rotatable bonds is 5. The highest BCUT2D eigenvalue weighted by Crippen LogP contribution is 2.19. The fourth-order valence-corrected chi connectivity index (χ4v) is 2.44. The molecular weight excluding hydrogens is 338 g/mol. The van der Waals surface area contributed by atoms with Crippen LogP contribution in [0.4, 0.5) is 11.4 Å². The molecule has 0 bridgehead atoms. The van der Waals surface area contributed by atoms with Crippen LogP contribution < -0.4 is 5.32 Å². The number of amides is 1. The summed E-state index contributed by atoms with van der Waals surface area (Å²) < 4.78 is 0. The Bertz CT molecular complexity index is 950. The zero-order chi connectivity index (χ0) is 19.1. The summed E-state index contributed by atoms with van der Waals surface area (Å²) in [6.45, 7) is 2.03. The van der Waals surface area contributed by atoms with E-state index in [0.29, 0.717) is 22.5 Å². The van der Waals surface area contributed by atoms with Gasteiger partial charge < -0.3 is 5.32 Å². The van der Waals surface area contributed by atoms with E-state index in [1.807, 2.05) is 25.2 Å². The fraction of sp³-hybridized carbons (Fsp3) is 0.0909. The monoisotopic (exact) mass is 357 g/mol. The summed E-state index contributed by atoms with van der Waals surface area (Å²) in [7, 11) is 0. The number of hydrogen-bond donors (Lipinski definition) is 1. The van der Waals surface area contributed by atoms with Gasteiger partial charge in [-0.15, -0.1) is 0 Å². The van der Waals surface area contributed by atoms with Gasteiger partial charge in [-0.2, -0.15) is 10.2 Å². The maximum absolute atomic E-state index is 12.4. The Morgan fingerprint density at radius 3 is 2.19 bits per heavy atom. The van der Waals surface area contributed by atoms with Crippen molar-refractivity contribution in [1.29, 1.82) is 0 Å². The van der Waals surface area contributed by atoms with Gasteiger partial charge in [-0.05, 0) is 68.0 Å². The minimum Gasteiger partial charge on any atom is -0.322 e. The number of nitrogens with one attached hydrogen (secondary N) is 1. The lowest BCUT2D eigenvalue weighted by Crippen LogP contribution is -2.21. The first-order chi connectivity index (χ1) is 13.1. The zero-order valence-corrected chi connectivity index (χ0v) is 14.9. The normalized spacial score (nSPS) is 13.7. The molecule has 2 aromatic rings. The molecule has 3 rings (SSSR count). The van der Waals surface area contributed by atoms with Crippen molar-refractivity contribution in [2.75, 3.05) is 0 Å². The third-order valence-corrected chi connectivity index (χ3v) is 4.00. The van der Waals surface area contributed by atoms with Crippen molar-refractivity contribution in [2.24, 2.45) is 10.2 Å². The molecule has 1 amide bonds. The summed E-state index contributed by atoms with van der Waals surface area (Å²) in [4.78, 5) is 23.0. The average Bonchev–Trinajstić information content (AvgIpc) is 2.91. The van der Waals surface area contributed by atoms with Crippen LogP contribution in [0, 0.1) is 0 Å². The number of azo groups is 1. The second-order valence-electron chi connectivity index (χ2n) is 6.09. The highest BCUT2D eigenvalue weighted by molar-refractivity contribution is 5.95. The van der Waals surface area contributed by atoms with Crippen LogP contribution in [0.3, 0.4) is 0 Å². The number of aldehydes is 1. The molecule has 5 nitrogen and oxygen atoms in total. The van der Waals surface area contributed by atoms with E-state index in [-0.39, 0.29) is 5.91 Å². The molecule has 0 aliphatic heterocycles. The van der Waals surface area contributed by atoms with E-state index >= 15 is 0 Å². The SMILES string of the molecule is CC1=CCC=C(NC(=O)c2ccc(N=Nc3ccc(C=O)cc3)cc2)C=C1. The first kappa shape index (κ1) is 18.2.